The fourth-order valence-corrected chi connectivity index (χ4v) is 2.17. The fraction of sp³-hybridized carbons (Fsp3) is 0.556. The van der Waals surface area contributed by atoms with Crippen LogP contribution in [0.5, 0.6) is 0 Å². The van der Waals surface area contributed by atoms with E-state index < -0.39 is 39.2 Å². The van der Waals surface area contributed by atoms with Crippen LogP contribution in [0.25, 0.3) is 0 Å². The number of hydrogen-bond donors (Lipinski definition) is 2. The molecule has 2 atom stereocenters. The molecule has 10 heteroatoms. The number of sulfonamides is 1. The molecule has 0 heterocycles. The van der Waals surface area contributed by atoms with Crippen LogP contribution >= 0.6 is 0 Å². The molecule has 2 N–H and O–H groups in total. The van der Waals surface area contributed by atoms with Gasteiger partial charge < -0.3 is 5.11 Å². The van der Waals surface area contributed by atoms with Crippen molar-refractivity contribution in [2.24, 2.45) is 11.8 Å². The summed E-state index contributed by atoms with van der Waals surface area (Å²) in [6, 6.07) is 0. The third-order valence-electron chi connectivity index (χ3n) is 2.63. The predicted molar refractivity (Wildman–Crippen MR) is 56.1 cm³/mol. The molecule has 0 saturated heterocycles. The molecule has 0 saturated carbocycles. The molecule has 1 aliphatic rings. The van der Waals surface area contributed by atoms with Crippen LogP contribution in [0, 0.1) is 11.8 Å². The fourth-order valence-electron chi connectivity index (χ4n) is 1.64. The monoisotopic (exact) mass is 301 g/mol. The molecule has 2 unspecified atom stereocenters. The lowest BCUT2D eigenvalue weighted by Gasteiger charge is -2.24. The van der Waals surface area contributed by atoms with E-state index in [2.05, 4.69) is 0 Å². The van der Waals surface area contributed by atoms with Gasteiger partial charge in [-0.25, -0.2) is 4.72 Å². The van der Waals surface area contributed by atoms with Gasteiger partial charge in [-0.3, -0.25) is 9.59 Å². The van der Waals surface area contributed by atoms with Gasteiger partial charge in [0.25, 0.3) is 0 Å². The highest BCUT2D eigenvalue weighted by Crippen LogP contribution is 2.28. The summed E-state index contributed by atoms with van der Waals surface area (Å²) in [4.78, 5) is 22.3. The van der Waals surface area contributed by atoms with Crippen molar-refractivity contribution in [3.63, 3.8) is 0 Å². The normalized spacial score (nSPS) is 23.9. The lowest BCUT2D eigenvalue weighted by molar-refractivity contribution is -0.147. The van der Waals surface area contributed by atoms with E-state index in [1.807, 2.05) is 0 Å². The summed E-state index contributed by atoms with van der Waals surface area (Å²) in [7, 11) is -5.81. The topological polar surface area (TPSA) is 101 Å². The highest BCUT2D eigenvalue weighted by Gasteiger charge is 2.48. The number of carboxylic acid groups (broad SMARTS) is 1. The van der Waals surface area contributed by atoms with Crippen LogP contribution in [0.15, 0.2) is 12.2 Å². The Bertz CT molecular complexity index is 510. The molecule has 19 heavy (non-hydrogen) atoms. The molecule has 0 radical (unpaired) electrons. The van der Waals surface area contributed by atoms with E-state index in [4.69, 9.17) is 5.11 Å². The van der Waals surface area contributed by atoms with E-state index in [9.17, 15) is 31.2 Å². The van der Waals surface area contributed by atoms with Gasteiger partial charge in [-0.05, 0) is 12.8 Å². The minimum atomic E-state index is -5.81. The molecular formula is C9H10F3NO5S. The molecular weight excluding hydrogens is 291 g/mol. The Morgan fingerprint density at radius 3 is 2.05 bits per heavy atom. The zero-order valence-corrected chi connectivity index (χ0v) is 10.2. The average molecular weight is 301 g/mol. The van der Waals surface area contributed by atoms with E-state index in [1.54, 1.807) is 0 Å². The summed E-state index contributed by atoms with van der Waals surface area (Å²) in [5.41, 5.74) is -5.62. The number of carbonyl (C=O) groups excluding carboxylic acids is 1. The van der Waals surface area contributed by atoms with E-state index >= 15 is 0 Å². The first kappa shape index (κ1) is 15.5. The van der Waals surface area contributed by atoms with Crippen LogP contribution in [-0.2, 0) is 19.6 Å². The second kappa shape index (κ2) is 5.19. The van der Waals surface area contributed by atoms with Crippen molar-refractivity contribution in [3.8, 4) is 0 Å². The second-order valence-corrected chi connectivity index (χ2v) is 5.58. The standard InChI is InChI=1S/C9H10F3NO5S/c10-9(11,12)19(17,18)13-7(14)5-3-1-2-4-6(5)8(15)16/h1-2,5-6H,3-4H2,(H,13,14)(H,15,16). The number of carbonyl (C=O) groups is 2. The van der Waals surface area contributed by atoms with Gasteiger partial charge in [0.15, 0.2) is 0 Å². The molecule has 1 aliphatic carbocycles. The van der Waals surface area contributed by atoms with Crippen molar-refractivity contribution in [1.82, 2.24) is 4.72 Å². The van der Waals surface area contributed by atoms with E-state index in [-0.39, 0.29) is 12.8 Å². The van der Waals surface area contributed by atoms with Crippen LogP contribution in [0.4, 0.5) is 13.2 Å². The smallest absolute Gasteiger partial charge is 0.481 e. The molecule has 0 fully saturated rings. The number of carboxylic acids is 1. The zero-order chi connectivity index (χ0) is 14.8. The van der Waals surface area contributed by atoms with Crippen LogP contribution in [0.1, 0.15) is 12.8 Å². The van der Waals surface area contributed by atoms with Gasteiger partial charge in [-0.1, -0.05) is 12.2 Å². The molecule has 0 aromatic carbocycles. The summed E-state index contributed by atoms with van der Waals surface area (Å²) in [6.45, 7) is 0. The van der Waals surface area contributed by atoms with Crippen molar-refractivity contribution >= 4 is 21.9 Å². The van der Waals surface area contributed by atoms with Crippen molar-refractivity contribution in [3.05, 3.63) is 12.2 Å². The number of allylic oxidation sites excluding steroid dienone is 2. The zero-order valence-electron chi connectivity index (χ0n) is 9.35. The Morgan fingerprint density at radius 1 is 1.16 bits per heavy atom. The van der Waals surface area contributed by atoms with Crippen LogP contribution < -0.4 is 4.72 Å². The summed E-state index contributed by atoms with van der Waals surface area (Å²) in [5, 5.41) is 8.83. The molecule has 0 bridgehead atoms. The predicted octanol–water partition coefficient (Wildman–Crippen LogP) is 0.619. The molecule has 0 aliphatic heterocycles. The van der Waals surface area contributed by atoms with Gasteiger partial charge in [-0.2, -0.15) is 21.6 Å². The van der Waals surface area contributed by atoms with Gasteiger partial charge in [-0.15, -0.1) is 0 Å². The molecule has 1 amide bonds. The summed E-state index contributed by atoms with van der Waals surface area (Å²) >= 11 is 0. The van der Waals surface area contributed by atoms with Crippen LogP contribution in [0.3, 0.4) is 0 Å². The lowest BCUT2D eigenvalue weighted by atomic mass is 9.83. The van der Waals surface area contributed by atoms with Crippen molar-refractivity contribution in [2.45, 2.75) is 18.3 Å². The first-order valence-electron chi connectivity index (χ1n) is 5.07. The van der Waals surface area contributed by atoms with Gasteiger partial charge in [0.1, 0.15) is 0 Å². The molecule has 0 aromatic heterocycles. The Hall–Kier alpha value is -1.58. The molecule has 6 nitrogen and oxygen atoms in total. The summed E-state index contributed by atoms with van der Waals surface area (Å²) in [5.74, 6) is -5.42. The Balaban J connectivity index is 2.89. The van der Waals surface area contributed by atoms with E-state index in [0.717, 1.165) is 4.72 Å². The summed E-state index contributed by atoms with van der Waals surface area (Å²) < 4.78 is 58.6. The maximum Gasteiger partial charge on any atom is 0.516 e. The maximum atomic E-state index is 12.1. The van der Waals surface area contributed by atoms with Gasteiger partial charge in [0.2, 0.25) is 5.91 Å². The van der Waals surface area contributed by atoms with Crippen LogP contribution in [0.2, 0.25) is 0 Å². The minimum Gasteiger partial charge on any atom is -0.481 e. The molecule has 0 aromatic rings. The van der Waals surface area contributed by atoms with Crippen LogP contribution in [-0.4, -0.2) is 30.9 Å². The van der Waals surface area contributed by atoms with Crippen molar-refractivity contribution in [1.29, 1.82) is 0 Å². The lowest BCUT2D eigenvalue weighted by Crippen LogP contribution is -2.45. The van der Waals surface area contributed by atoms with Gasteiger partial charge in [0, 0.05) is 0 Å². The van der Waals surface area contributed by atoms with E-state index in [1.165, 1.54) is 12.2 Å². The SMILES string of the molecule is O=C(O)C1CC=CCC1C(=O)NS(=O)(=O)C(F)(F)F. The largest absolute Gasteiger partial charge is 0.516 e. The number of rotatable bonds is 3. The first-order valence-corrected chi connectivity index (χ1v) is 6.55. The Morgan fingerprint density at radius 2 is 1.63 bits per heavy atom. The van der Waals surface area contributed by atoms with E-state index in [0.29, 0.717) is 0 Å². The molecule has 0 spiro atoms. The highest BCUT2D eigenvalue weighted by atomic mass is 32.2. The first-order chi connectivity index (χ1) is 8.56. The van der Waals surface area contributed by atoms with Gasteiger partial charge in [0.05, 0.1) is 11.8 Å². The second-order valence-electron chi connectivity index (χ2n) is 3.91. The number of aliphatic carboxylic acids is 1. The number of hydrogen-bond acceptors (Lipinski definition) is 4. The third-order valence-corrected chi connectivity index (χ3v) is 3.71. The molecule has 108 valence electrons. The number of halogens is 3. The Kier molecular flexibility index (Phi) is 4.23. The van der Waals surface area contributed by atoms with Crippen molar-refractivity contribution in [2.75, 3.05) is 0 Å². The Labute approximate surface area is 106 Å². The maximum absolute atomic E-state index is 12.1. The quantitative estimate of drug-likeness (QED) is 0.744. The average Bonchev–Trinajstić information content (AvgIpc) is 2.26. The number of nitrogens with one attached hydrogen (secondary N) is 1. The highest BCUT2D eigenvalue weighted by molar-refractivity contribution is 7.90. The summed E-state index contributed by atoms with van der Waals surface area (Å²) in [6.07, 6.45) is 2.72. The number of alkyl halides is 3. The number of amides is 1. The minimum absolute atomic E-state index is 0.0422. The van der Waals surface area contributed by atoms with Crippen molar-refractivity contribution < 1.29 is 36.3 Å². The molecule has 1 rings (SSSR count). The van der Waals surface area contributed by atoms with Gasteiger partial charge >= 0.3 is 21.5 Å². The third kappa shape index (κ3) is 3.46.